The first kappa shape index (κ1) is 22.9. The van der Waals surface area contributed by atoms with Crippen molar-refractivity contribution in [2.24, 2.45) is 4.99 Å². The molecule has 0 saturated carbocycles. The van der Waals surface area contributed by atoms with Crippen molar-refractivity contribution in [3.8, 4) is 11.5 Å². The number of nitrogens with one attached hydrogen (secondary N) is 2. The highest BCUT2D eigenvalue weighted by Gasteiger charge is 2.09. The molecule has 2 N–H and O–H groups in total. The van der Waals surface area contributed by atoms with Gasteiger partial charge in [-0.1, -0.05) is 48.5 Å². The third-order valence-corrected chi connectivity index (χ3v) is 5.02. The molecule has 0 fully saturated rings. The summed E-state index contributed by atoms with van der Waals surface area (Å²) in [6.07, 6.45) is 0. The second-order valence-electron chi connectivity index (χ2n) is 7.65. The number of hydrogen-bond acceptors (Lipinski definition) is 3. The van der Waals surface area contributed by atoms with Crippen LogP contribution in [0.3, 0.4) is 0 Å². The fourth-order valence-corrected chi connectivity index (χ4v) is 3.15. The Balaban J connectivity index is 1.58. The van der Waals surface area contributed by atoms with Crippen molar-refractivity contribution in [1.82, 2.24) is 15.5 Å². The number of guanidine groups is 1. The van der Waals surface area contributed by atoms with E-state index in [4.69, 9.17) is 4.74 Å². The molecule has 0 aromatic heterocycles. The highest BCUT2D eigenvalue weighted by atomic mass is 16.5. The van der Waals surface area contributed by atoms with Crippen LogP contribution >= 0.6 is 0 Å². The fraction of sp³-hybridized carbons (Fsp3) is 0.231. The van der Waals surface area contributed by atoms with Crippen molar-refractivity contribution in [3.63, 3.8) is 0 Å². The van der Waals surface area contributed by atoms with Crippen molar-refractivity contribution >= 4 is 11.9 Å². The zero-order chi connectivity index (χ0) is 22.9. The summed E-state index contributed by atoms with van der Waals surface area (Å²) < 4.78 is 6.15. The van der Waals surface area contributed by atoms with Gasteiger partial charge in [0.1, 0.15) is 11.5 Å². The number of aryl methyl sites for hydroxylation is 1. The third-order valence-electron chi connectivity index (χ3n) is 5.02. The van der Waals surface area contributed by atoms with E-state index in [0.717, 1.165) is 28.2 Å². The Labute approximate surface area is 189 Å². The second-order valence-corrected chi connectivity index (χ2v) is 7.65. The quantitative estimate of drug-likeness (QED) is 0.432. The lowest BCUT2D eigenvalue weighted by Crippen LogP contribution is -2.36. The Morgan fingerprint density at radius 1 is 0.875 bits per heavy atom. The number of carbonyl (C=O) groups is 1. The minimum absolute atomic E-state index is 0.00596. The molecule has 3 aromatic carbocycles. The van der Waals surface area contributed by atoms with Crippen LogP contribution in [0.4, 0.5) is 0 Å². The van der Waals surface area contributed by atoms with Gasteiger partial charge in [-0.2, -0.15) is 0 Å². The van der Waals surface area contributed by atoms with Gasteiger partial charge in [-0.15, -0.1) is 0 Å². The van der Waals surface area contributed by atoms with E-state index < -0.39 is 0 Å². The monoisotopic (exact) mass is 430 g/mol. The molecule has 32 heavy (non-hydrogen) atoms. The van der Waals surface area contributed by atoms with Crippen molar-refractivity contribution in [2.45, 2.75) is 20.0 Å². The first-order valence-corrected chi connectivity index (χ1v) is 10.5. The molecule has 0 saturated heterocycles. The molecule has 0 atom stereocenters. The number of ether oxygens (including phenoxy) is 1. The van der Waals surface area contributed by atoms with Gasteiger partial charge in [-0.3, -0.25) is 9.79 Å². The number of benzene rings is 3. The fourth-order valence-electron chi connectivity index (χ4n) is 3.15. The van der Waals surface area contributed by atoms with Gasteiger partial charge in [0.15, 0.2) is 5.96 Å². The standard InChI is InChI=1S/C26H30N4O2/c1-19-9-5-7-11-23(19)32-24-12-8-6-10-22(24)18-29-26(27-2)28-17-20-13-15-21(16-14-20)25(31)30(3)4/h5-16H,17-18H2,1-4H3,(H2,27,28,29). The lowest BCUT2D eigenvalue weighted by Gasteiger charge is -2.16. The van der Waals surface area contributed by atoms with Gasteiger partial charge >= 0.3 is 0 Å². The molecule has 0 bridgehead atoms. The molecule has 0 spiro atoms. The summed E-state index contributed by atoms with van der Waals surface area (Å²) in [5.74, 6) is 2.34. The number of hydrogen-bond donors (Lipinski definition) is 2. The first-order chi connectivity index (χ1) is 15.5. The molecule has 0 aliphatic rings. The summed E-state index contributed by atoms with van der Waals surface area (Å²) >= 11 is 0. The molecule has 1 amide bonds. The maximum absolute atomic E-state index is 12.0. The molecule has 0 aliphatic heterocycles. The summed E-state index contributed by atoms with van der Waals surface area (Å²) in [7, 11) is 5.24. The van der Waals surface area contributed by atoms with Crippen LogP contribution in [0.5, 0.6) is 11.5 Å². The number of aliphatic imine (C=N–C) groups is 1. The van der Waals surface area contributed by atoms with E-state index in [1.54, 1.807) is 26.0 Å². The molecular formula is C26H30N4O2. The van der Waals surface area contributed by atoms with Crippen LogP contribution in [0, 0.1) is 6.92 Å². The smallest absolute Gasteiger partial charge is 0.253 e. The molecule has 6 heteroatoms. The van der Waals surface area contributed by atoms with Gasteiger partial charge in [-0.25, -0.2) is 0 Å². The molecule has 166 valence electrons. The Morgan fingerprint density at radius 2 is 1.50 bits per heavy atom. The maximum Gasteiger partial charge on any atom is 0.253 e. The normalized spacial score (nSPS) is 11.1. The number of carbonyl (C=O) groups excluding carboxylic acids is 1. The van der Waals surface area contributed by atoms with Gasteiger partial charge in [0.25, 0.3) is 5.91 Å². The lowest BCUT2D eigenvalue weighted by atomic mass is 10.1. The molecule has 0 radical (unpaired) electrons. The minimum Gasteiger partial charge on any atom is -0.457 e. The van der Waals surface area contributed by atoms with Crippen LogP contribution in [0.15, 0.2) is 77.8 Å². The first-order valence-electron chi connectivity index (χ1n) is 10.5. The Hall–Kier alpha value is -3.80. The van der Waals surface area contributed by atoms with E-state index in [-0.39, 0.29) is 5.91 Å². The Bertz CT molecular complexity index is 1080. The van der Waals surface area contributed by atoms with Crippen LogP contribution in [0.25, 0.3) is 0 Å². The number of rotatable bonds is 7. The van der Waals surface area contributed by atoms with Crippen molar-refractivity contribution in [1.29, 1.82) is 0 Å². The average molecular weight is 431 g/mol. The van der Waals surface area contributed by atoms with Crippen molar-refractivity contribution < 1.29 is 9.53 Å². The number of para-hydroxylation sites is 2. The lowest BCUT2D eigenvalue weighted by molar-refractivity contribution is 0.0827. The van der Waals surface area contributed by atoms with Crippen LogP contribution < -0.4 is 15.4 Å². The van der Waals surface area contributed by atoms with Gasteiger partial charge < -0.3 is 20.3 Å². The van der Waals surface area contributed by atoms with Gasteiger partial charge in [-0.05, 0) is 42.3 Å². The predicted octanol–water partition coefficient (Wildman–Crippen LogP) is 4.35. The highest BCUT2D eigenvalue weighted by Crippen LogP contribution is 2.27. The summed E-state index contributed by atoms with van der Waals surface area (Å²) in [6.45, 7) is 3.19. The van der Waals surface area contributed by atoms with E-state index >= 15 is 0 Å². The number of nitrogens with zero attached hydrogens (tertiary/aromatic N) is 2. The topological polar surface area (TPSA) is 66.0 Å². The summed E-state index contributed by atoms with van der Waals surface area (Å²) in [4.78, 5) is 17.9. The van der Waals surface area contributed by atoms with Crippen molar-refractivity contribution in [3.05, 3.63) is 95.1 Å². The zero-order valence-electron chi connectivity index (χ0n) is 19.1. The van der Waals surface area contributed by atoms with E-state index in [1.165, 1.54) is 0 Å². The highest BCUT2D eigenvalue weighted by molar-refractivity contribution is 5.93. The van der Waals surface area contributed by atoms with E-state index in [0.29, 0.717) is 24.6 Å². The predicted molar refractivity (Wildman–Crippen MR) is 129 cm³/mol. The Morgan fingerprint density at radius 3 is 2.16 bits per heavy atom. The zero-order valence-corrected chi connectivity index (χ0v) is 19.1. The molecule has 0 aliphatic carbocycles. The van der Waals surface area contributed by atoms with Gasteiger partial charge in [0.2, 0.25) is 0 Å². The maximum atomic E-state index is 12.0. The van der Waals surface area contributed by atoms with E-state index in [1.807, 2.05) is 79.7 Å². The van der Waals surface area contributed by atoms with Crippen LogP contribution in [-0.2, 0) is 13.1 Å². The molecular weight excluding hydrogens is 400 g/mol. The summed E-state index contributed by atoms with van der Waals surface area (Å²) in [5, 5.41) is 6.65. The summed E-state index contributed by atoms with van der Waals surface area (Å²) in [6, 6.07) is 23.5. The van der Waals surface area contributed by atoms with E-state index in [2.05, 4.69) is 15.6 Å². The van der Waals surface area contributed by atoms with Gasteiger partial charge in [0, 0.05) is 45.4 Å². The van der Waals surface area contributed by atoms with Crippen LogP contribution in [0.1, 0.15) is 27.0 Å². The minimum atomic E-state index is -0.00596. The number of amides is 1. The third kappa shape index (κ3) is 6.11. The molecule has 6 nitrogen and oxygen atoms in total. The van der Waals surface area contributed by atoms with Crippen LogP contribution in [0.2, 0.25) is 0 Å². The molecule has 0 unspecified atom stereocenters. The Kier molecular flexibility index (Phi) is 7.86. The van der Waals surface area contributed by atoms with Crippen molar-refractivity contribution in [2.75, 3.05) is 21.1 Å². The molecule has 3 aromatic rings. The molecule has 3 rings (SSSR count). The van der Waals surface area contributed by atoms with E-state index in [9.17, 15) is 4.79 Å². The SMILES string of the molecule is CN=C(NCc1ccc(C(=O)N(C)C)cc1)NCc1ccccc1Oc1ccccc1C. The second kappa shape index (κ2) is 11.0. The van der Waals surface area contributed by atoms with Gasteiger partial charge in [0.05, 0.1) is 0 Å². The van der Waals surface area contributed by atoms with Crippen LogP contribution in [-0.4, -0.2) is 37.9 Å². The average Bonchev–Trinajstić information content (AvgIpc) is 2.81. The molecule has 0 heterocycles. The summed E-state index contributed by atoms with van der Waals surface area (Å²) in [5.41, 5.74) is 3.86. The largest absolute Gasteiger partial charge is 0.457 e.